The van der Waals surface area contributed by atoms with Gasteiger partial charge in [-0.15, -0.1) is 0 Å². The fourth-order valence-corrected chi connectivity index (χ4v) is 7.15. The molecule has 3 nitrogen and oxygen atoms in total. The summed E-state index contributed by atoms with van der Waals surface area (Å²) in [5.74, 6) is 0. The van der Waals surface area contributed by atoms with E-state index in [4.69, 9.17) is 9.97 Å². The average molecular weight is 584 g/mol. The van der Waals surface area contributed by atoms with Crippen molar-refractivity contribution in [3.05, 3.63) is 152 Å². The summed E-state index contributed by atoms with van der Waals surface area (Å²) in [6, 6.07) is 52.0. The Hall–Kier alpha value is -6.19. The molecule has 0 aliphatic heterocycles. The van der Waals surface area contributed by atoms with Crippen molar-refractivity contribution < 1.29 is 0 Å². The van der Waals surface area contributed by atoms with Crippen molar-refractivity contribution in [3.8, 4) is 33.6 Å². The van der Waals surface area contributed by atoms with Gasteiger partial charge in [0.15, 0.2) is 0 Å². The second kappa shape index (κ2) is 9.65. The van der Waals surface area contributed by atoms with Gasteiger partial charge in [0, 0.05) is 33.5 Å². The standard InChI is InChI=1S/C43H25N3/c1-4-27-10-11-29-15-19-35(36-20-16-28(5-1)40(27)41(29)36)32-6-2-7-33(24-32)37-21-17-30-12-13-31-18-22-38(46-43(31)42(30)45-37)34-14-9-26-8-3-23-44-39(26)25-34/h1-25H. The lowest BCUT2D eigenvalue weighted by atomic mass is 9.89. The first-order valence-electron chi connectivity index (χ1n) is 15.6. The molecule has 0 fully saturated rings. The molecule has 10 rings (SSSR count). The van der Waals surface area contributed by atoms with Gasteiger partial charge in [0.2, 0.25) is 0 Å². The van der Waals surface area contributed by atoms with Crippen molar-refractivity contribution in [3.63, 3.8) is 0 Å². The quantitative estimate of drug-likeness (QED) is 0.194. The summed E-state index contributed by atoms with van der Waals surface area (Å²) in [5.41, 5.74) is 9.16. The normalized spacial score (nSPS) is 11.9. The van der Waals surface area contributed by atoms with E-state index in [9.17, 15) is 0 Å². The molecule has 0 aliphatic rings. The van der Waals surface area contributed by atoms with Gasteiger partial charge in [0.1, 0.15) is 0 Å². The van der Waals surface area contributed by atoms with Gasteiger partial charge in [0.25, 0.3) is 0 Å². The number of aromatic nitrogens is 3. The fourth-order valence-electron chi connectivity index (χ4n) is 7.15. The van der Waals surface area contributed by atoms with Gasteiger partial charge in [-0.3, -0.25) is 4.98 Å². The molecule has 0 bridgehead atoms. The van der Waals surface area contributed by atoms with Crippen LogP contribution in [0.4, 0.5) is 0 Å². The SMILES string of the molecule is c1cc(-c2ccc3ccc4ccc(-c5ccc6cccnc6c5)nc4c3n2)cc(-c2ccc3ccc4cccc5ccc2c3c45)c1. The van der Waals surface area contributed by atoms with Crippen LogP contribution in [0.5, 0.6) is 0 Å². The van der Waals surface area contributed by atoms with Crippen LogP contribution in [-0.2, 0) is 0 Å². The Kier molecular flexibility index (Phi) is 5.28. The van der Waals surface area contributed by atoms with Gasteiger partial charge in [-0.2, -0.15) is 0 Å². The van der Waals surface area contributed by atoms with E-state index < -0.39 is 0 Å². The van der Waals surface area contributed by atoms with Gasteiger partial charge in [-0.1, -0.05) is 115 Å². The van der Waals surface area contributed by atoms with Crippen LogP contribution in [0.2, 0.25) is 0 Å². The van der Waals surface area contributed by atoms with E-state index in [2.05, 4.69) is 145 Å². The predicted octanol–water partition coefficient (Wildman–Crippen LogP) is 11.2. The lowest BCUT2D eigenvalue weighted by Crippen LogP contribution is -1.92. The third kappa shape index (κ3) is 3.82. The zero-order chi connectivity index (χ0) is 30.2. The third-order valence-corrected chi connectivity index (χ3v) is 9.42. The summed E-state index contributed by atoms with van der Waals surface area (Å²) in [6.07, 6.45) is 1.83. The zero-order valence-corrected chi connectivity index (χ0v) is 24.8. The lowest BCUT2D eigenvalue weighted by molar-refractivity contribution is 1.36. The minimum atomic E-state index is 0.904. The number of pyridine rings is 3. The molecular formula is C43H25N3. The van der Waals surface area contributed by atoms with Crippen LogP contribution < -0.4 is 0 Å². The van der Waals surface area contributed by atoms with Crippen molar-refractivity contribution in [2.45, 2.75) is 0 Å². The van der Waals surface area contributed by atoms with Crippen LogP contribution in [0.15, 0.2) is 152 Å². The highest BCUT2D eigenvalue weighted by molar-refractivity contribution is 6.25. The third-order valence-electron chi connectivity index (χ3n) is 9.42. The first kappa shape index (κ1) is 25.2. The highest BCUT2D eigenvalue weighted by atomic mass is 14.8. The minimum absolute atomic E-state index is 0.904. The molecule has 0 spiro atoms. The molecule has 0 unspecified atom stereocenters. The van der Waals surface area contributed by atoms with Crippen molar-refractivity contribution in [1.29, 1.82) is 0 Å². The minimum Gasteiger partial charge on any atom is -0.256 e. The number of benzene rings is 7. The molecule has 3 aromatic heterocycles. The summed E-state index contributed by atoms with van der Waals surface area (Å²) < 4.78 is 0. The molecule has 46 heavy (non-hydrogen) atoms. The van der Waals surface area contributed by atoms with Gasteiger partial charge in [-0.25, -0.2) is 9.97 Å². The summed E-state index contributed by atoms with van der Waals surface area (Å²) in [5, 5.41) is 11.0. The highest BCUT2D eigenvalue weighted by Gasteiger charge is 2.14. The van der Waals surface area contributed by atoms with E-state index in [1.54, 1.807) is 0 Å². The van der Waals surface area contributed by atoms with Gasteiger partial charge in [-0.05, 0) is 73.8 Å². The van der Waals surface area contributed by atoms with E-state index >= 15 is 0 Å². The summed E-state index contributed by atoms with van der Waals surface area (Å²) >= 11 is 0. The maximum absolute atomic E-state index is 5.25. The number of rotatable bonds is 3. The van der Waals surface area contributed by atoms with E-state index in [0.717, 1.165) is 55.2 Å². The molecule has 0 atom stereocenters. The van der Waals surface area contributed by atoms with Crippen molar-refractivity contribution >= 4 is 65.0 Å². The first-order chi connectivity index (χ1) is 22.8. The van der Waals surface area contributed by atoms with E-state index in [-0.39, 0.29) is 0 Å². The Balaban J connectivity index is 1.11. The molecule has 0 radical (unpaired) electrons. The van der Waals surface area contributed by atoms with Crippen molar-refractivity contribution in [2.75, 3.05) is 0 Å². The number of hydrogen-bond donors (Lipinski definition) is 0. The summed E-state index contributed by atoms with van der Waals surface area (Å²) in [4.78, 5) is 15.0. The van der Waals surface area contributed by atoms with Gasteiger partial charge in [0.05, 0.1) is 27.9 Å². The molecule has 0 N–H and O–H groups in total. The predicted molar refractivity (Wildman–Crippen MR) is 192 cm³/mol. The van der Waals surface area contributed by atoms with Crippen molar-refractivity contribution in [2.24, 2.45) is 0 Å². The second-order valence-electron chi connectivity index (χ2n) is 12.1. The van der Waals surface area contributed by atoms with Gasteiger partial charge >= 0.3 is 0 Å². The molecule has 7 aromatic carbocycles. The molecule has 0 saturated carbocycles. The molecule has 0 aliphatic carbocycles. The lowest BCUT2D eigenvalue weighted by Gasteiger charge is -2.15. The largest absolute Gasteiger partial charge is 0.256 e. The van der Waals surface area contributed by atoms with Gasteiger partial charge < -0.3 is 0 Å². The molecule has 212 valence electrons. The van der Waals surface area contributed by atoms with Crippen molar-refractivity contribution in [1.82, 2.24) is 15.0 Å². The van der Waals surface area contributed by atoms with E-state index in [1.165, 1.54) is 43.4 Å². The highest BCUT2D eigenvalue weighted by Crippen LogP contribution is 2.40. The van der Waals surface area contributed by atoms with Crippen LogP contribution in [-0.4, -0.2) is 15.0 Å². The summed E-state index contributed by atoms with van der Waals surface area (Å²) in [6.45, 7) is 0. The Labute approximate surface area is 264 Å². The molecular weight excluding hydrogens is 558 g/mol. The van der Waals surface area contributed by atoms with Crippen LogP contribution in [0.25, 0.3) is 98.7 Å². The Morgan fingerprint density at radius 3 is 1.72 bits per heavy atom. The second-order valence-corrected chi connectivity index (χ2v) is 12.1. The molecule has 3 heteroatoms. The van der Waals surface area contributed by atoms with Crippen LogP contribution in [0, 0.1) is 0 Å². The zero-order valence-electron chi connectivity index (χ0n) is 24.8. The maximum Gasteiger partial charge on any atom is 0.0972 e. The molecule has 0 saturated heterocycles. The van der Waals surface area contributed by atoms with E-state index in [1.807, 2.05) is 12.3 Å². The van der Waals surface area contributed by atoms with Crippen LogP contribution in [0.1, 0.15) is 0 Å². The monoisotopic (exact) mass is 583 g/mol. The molecule has 0 amide bonds. The van der Waals surface area contributed by atoms with E-state index in [0.29, 0.717) is 0 Å². The van der Waals surface area contributed by atoms with Crippen LogP contribution >= 0.6 is 0 Å². The number of fused-ring (bicyclic) bond motifs is 4. The Morgan fingerprint density at radius 2 is 0.935 bits per heavy atom. The average Bonchev–Trinajstić information content (AvgIpc) is 3.13. The number of hydrogen-bond acceptors (Lipinski definition) is 3. The Bertz CT molecular complexity index is 2800. The molecule has 3 heterocycles. The summed E-state index contributed by atoms with van der Waals surface area (Å²) in [7, 11) is 0. The maximum atomic E-state index is 5.25. The number of nitrogens with zero attached hydrogens (tertiary/aromatic N) is 3. The smallest absolute Gasteiger partial charge is 0.0972 e. The topological polar surface area (TPSA) is 38.7 Å². The Morgan fingerprint density at radius 1 is 0.370 bits per heavy atom. The van der Waals surface area contributed by atoms with Crippen LogP contribution in [0.3, 0.4) is 0 Å². The molecule has 10 aromatic rings. The first-order valence-corrected chi connectivity index (χ1v) is 15.6. The fraction of sp³-hybridized carbons (Fsp3) is 0.